The molecule has 0 radical (unpaired) electrons. The lowest BCUT2D eigenvalue weighted by Crippen LogP contribution is -2.34. The van der Waals surface area contributed by atoms with Gasteiger partial charge in [0.15, 0.2) is 0 Å². The summed E-state index contributed by atoms with van der Waals surface area (Å²) in [6, 6.07) is 7.95. The van der Waals surface area contributed by atoms with E-state index in [9.17, 15) is 0 Å². The largest absolute Gasteiger partial charge is 0.497 e. The van der Waals surface area contributed by atoms with Crippen LogP contribution in [-0.4, -0.2) is 26.5 Å². The minimum atomic E-state index is -0.257. The fourth-order valence-corrected chi connectivity index (χ4v) is 1.56. The predicted octanol–water partition coefficient (Wildman–Crippen LogP) is 2.48. The van der Waals surface area contributed by atoms with Gasteiger partial charge in [-0.25, -0.2) is 0 Å². The highest BCUT2D eigenvalue weighted by atomic mass is 16.5. The zero-order valence-corrected chi connectivity index (χ0v) is 11.7. The minimum Gasteiger partial charge on any atom is -0.497 e. The molecule has 0 spiro atoms. The van der Waals surface area contributed by atoms with Gasteiger partial charge in [0.05, 0.1) is 12.9 Å². The van der Waals surface area contributed by atoms with E-state index < -0.39 is 0 Å². The molecule has 0 heterocycles. The number of hydrogen-bond acceptors (Lipinski definition) is 3. The van der Waals surface area contributed by atoms with Gasteiger partial charge in [-0.05, 0) is 18.6 Å². The molecule has 100 valence electrons. The first-order chi connectivity index (χ1) is 8.36. The number of nitrogens with zero attached hydrogens (tertiary/aromatic N) is 1. The number of hydrogen-bond donors (Lipinski definition) is 2. The van der Waals surface area contributed by atoms with Gasteiger partial charge in [-0.2, -0.15) is 0 Å². The van der Waals surface area contributed by atoms with Crippen molar-refractivity contribution >= 4 is 11.5 Å². The van der Waals surface area contributed by atoms with E-state index in [1.54, 1.807) is 7.11 Å². The van der Waals surface area contributed by atoms with Crippen molar-refractivity contribution < 1.29 is 4.74 Å². The Bertz CT molecular complexity index is 415. The molecule has 1 aromatic carbocycles. The van der Waals surface area contributed by atoms with Crippen molar-refractivity contribution in [2.45, 2.75) is 20.3 Å². The standard InChI is InChI=1S/C14H23N3O/c1-14(2,13(15)16)8-9-17(3)11-6-5-7-12(10-11)18-4/h5-7,10H,8-9H2,1-4H3,(H3,15,16). The highest BCUT2D eigenvalue weighted by molar-refractivity contribution is 5.82. The summed E-state index contributed by atoms with van der Waals surface area (Å²) in [5, 5.41) is 7.55. The van der Waals surface area contributed by atoms with Crippen molar-refractivity contribution in [3.8, 4) is 5.75 Å². The third-order valence-electron chi connectivity index (χ3n) is 3.30. The molecule has 0 amide bonds. The van der Waals surface area contributed by atoms with E-state index in [2.05, 4.69) is 4.90 Å². The first-order valence-electron chi connectivity index (χ1n) is 6.06. The molecule has 0 aromatic heterocycles. The summed E-state index contributed by atoms with van der Waals surface area (Å²) in [5.41, 5.74) is 6.43. The third-order valence-corrected chi connectivity index (χ3v) is 3.30. The highest BCUT2D eigenvalue weighted by Gasteiger charge is 2.21. The number of amidine groups is 1. The number of ether oxygens (including phenoxy) is 1. The molecule has 0 aliphatic carbocycles. The van der Waals surface area contributed by atoms with Crippen LogP contribution in [0.15, 0.2) is 24.3 Å². The molecule has 4 nitrogen and oxygen atoms in total. The number of anilines is 1. The molecule has 0 atom stereocenters. The van der Waals surface area contributed by atoms with E-state index in [0.717, 1.165) is 24.4 Å². The van der Waals surface area contributed by atoms with E-state index in [-0.39, 0.29) is 11.3 Å². The molecular weight excluding hydrogens is 226 g/mol. The van der Waals surface area contributed by atoms with Crippen LogP contribution in [0, 0.1) is 10.8 Å². The lowest BCUT2D eigenvalue weighted by atomic mass is 9.88. The monoisotopic (exact) mass is 249 g/mol. The Morgan fingerprint density at radius 1 is 1.44 bits per heavy atom. The Hall–Kier alpha value is -1.71. The SMILES string of the molecule is COc1cccc(N(C)CCC(C)(C)C(=N)N)c1. The Morgan fingerprint density at radius 3 is 2.67 bits per heavy atom. The zero-order valence-electron chi connectivity index (χ0n) is 11.7. The Labute approximate surface area is 109 Å². The van der Waals surface area contributed by atoms with Crippen LogP contribution in [0.25, 0.3) is 0 Å². The zero-order chi connectivity index (χ0) is 13.8. The van der Waals surface area contributed by atoms with E-state index in [1.807, 2.05) is 45.2 Å². The Morgan fingerprint density at radius 2 is 2.11 bits per heavy atom. The van der Waals surface area contributed by atoms with Crippen molar-refractivity contribution in [2.24, 2.45) is 11.1 Å². The first-order valence-corrected chi connectivity index (χ1v) is 6.06. The topological polar surface area (TPSA) is 62.3 Å². The molecule has 18 heavy (non-hydrogen) atoms. The number of nitrogens with one attached hydrogen (secondary N) is 1. The molecule has 0 fully saturated rings. The van der Waals surface area contributed by atoms with Gasteiger partial charge in [-0.15, -0.1) is 0 Å². The van der Waals surface area contributed by atoms with E-state index in [0.29, 0.717) is 0 Å². The molecule has 4 heteroatoms. The highest BCUT2D eigenvalue weighted by Crippen LogP contribution is 2.24. The molecule has 1 aromatic rings. The van der Waals surface area contributed by atoms with Crippen molar-refractivity contribution in [1.29, 1.82) is 5.41 Å². The van der Waals surface area contributed by atoms with Crippen molar-refractivity contribution in [3.05, 3.63) is 24.3 Å². The van der Waals surface area contributed by atoms with Crippen LogP contribution in [-0.2, 0) is 0 Å². The van der Waals surface area contributed by atoms with Crippen LogP contribution >= 0.6 is 0 Å². The average Bonchev–Trinajstić information content (AvgIpc) is 2.36. The molecule has 0 bridgehead atoms. The van der Waals surface area contributed by atoms with Gasteiger partial charge in [-0.1, -0.05) is 19.9 Å². The predicted molar refractivity (Wildman–Crippen MR) is 76.6 cm³/mol. The maximum atomic E-state index is 7.55. The second kappa shape index (κ2) is 5.76. The van der Waals surface area contributed by atoms with Gasteiger partial charge in [0.1, 0.15) is 5.75 Å². The fraction of sp³-hybridized carbons (Fsp3) is 0.500. The summed E-state index contributed by atoms with van der Waals surface area (Å²) in [4.78, 5) is 2.15. The van der Waals surface area contributed by atoms with Crippen molar-refractivity contribution in [2.75, 3.05) is 25.6 Å². The van der Waals surface area contributed by atoms with Crippen LogP contribution in [0.1, 0.15) is 20.3 Å². The van der Waals surface area contributed by atoms with Gasteiger partial charge >= 0.3 is 0 Å². The lowest BCUT2D eigenvalue weighted by Gasteiger charge is -2.27. The van der Waals surface area contributed by atoms with Gasteiger partial charge in [-0.3, -0.25) is 5.41 Å². The summed E-state index contributed by atoms with van der Waals surface area (Å²) < 4.78 is 5.21. The Balaban J connectivity index is 2.65. The summed E-state index contributed by atoms with van der Waals surface area (Å²) in [7, 11) is 3.70. The molecule has 0 saturated carbocycles. The van der Waals surface area contributed by atoms with Crippen LogP contribution in [0.5, 0.6) is 5.75 Å². The molecule has 0 aliphatic rings. The summed E-state index contributed by atoms with van der Waals surface area (Å²) in [6.07, 6.45) is 0.843. The summed E-state index contributed by atoms with van der Waals surface area (Å²) in [5.74, 6) is 1.09. The number of rotatable bonds is 6. The quantitative estimate of drug-likeness (QED) is 0.601. The van der Waals surface area contributed by atoms with Gasteiger partial charge in [0, 0.05) is 30.8 Å². The number of nitrogens with two attached hydrogens (primary N) is 1. The second-order valence-electron chi connectivity index (χ2n) is 5.17. The normalized spacial score (nSPS) is 11.1. The van der Waals surface area contributed by atoms with E-state index in [4.69, 9.17) is 15.9 Å². The Kier molecular flexibility index (Phi) is 4.59. The third kappa shape index (κ3) is 3.65. The van der Waals surface area contributed by atoms with Gasteiger partial charge < -0.3 is 15.4 Å². The lowest BCUT2D eigenvalue weighted by molar-refractivity contribution is 0.414. The van der Waals surface area contributed by atoms with Gasteiger partial charge in [0.25, 0.3) is 0 Å². The summed E-state index contributed by atoms with van der Waals surface area (Å²) in [6.45, 7) is 4.84. The second-order valence-corrected chi connectivity index (χ2v) is 5.17. The van der Waals surface area contributed by atoms with E-state index >= 15 is 0 Å². The first kappa shape index (κ1) is 14.4. The molecular formula is C14H23N3O. The van der Waals surface area contributed by atoms with Gasteiger partial charge in [0.2, 0.25) is 0 Å². The summed E-state index contributed by atoms with van der Waals surface area (Å²) >= 11 is 0. The number of benzene rings is 1. The van der Waals surface area contributed by atoms with E-state index in [1.165, 1.54) is 0 Å². The number of methoxy groups -OCH3 is 1. The molecule has 0 saturated heterocycles. The maximum absolute atomic E-state index is 7.55. The van der Waals surface area contributed by atoms with Crippen LogP contribution in [0.4, 0.5) is 5.69 Å². The van der Waals surface area contributed by atoms with Crippen LogP contribution < -0.4 is 15.4 Å². The average molecular weight is 249 g/mol. The minimum absolute atomic E-state index is 0.238. The molecule has 1 rings (SSSR count). The van der Waals surface area contributed by atoms with Crippen molar-refractivity contribution in [3.63, 3.8) is 0 Å². The molecule has 3 N–H and O–H groups in total. The smallest absolute Gasteiger partial charge is 0.120 e. The van der Waals surface area contributed by atoms with Crippen LogP contribution in [0.2, 0.25) is 0 Å². The van der Waals surface area contributed by atoms with Crippen molar-refractivity contribution in [1.82, 2.24) is 0 Å². The fourth-order valence-electron chi connectivity index (χ4n) is 1.56. The molecule has 0 unspecified atom stereocenters. The maximum Gasteiger partial charge on any atom is 0.120 e. The van der Waals surface area contributed by atoms with Crippen LogP contribution in [0.3, 0.4) is 0 Å². The molecule has 0 aliphatic heterocycles.